The van der Waals surface area contributed by atoms with E-state index in [-0.39, 0.29) is 32.0 Å². The predicted molar refractivity (Wildman–Crippen MR) is 234 cm³/mol. The van der Waals surface area contributed by atoms with Crippen LogP contribution in [0.3, 0.4) is 0 Å². The van der Waals surface area contributed by atoms with Gasteiger partial charge in [0, 0.05) is 12.8 Å². The van der Waals surface area contributed by atoms with Crippen molar-refractivity contribution in [2.24, 2.45) is 0 Å². The Hall–Kier alpha value is -1.51. The van der Waals surface area contributed by atoms with Crippen LogP contribution in [0.4, 0.5) is 0 Å². The van der Waals surface area contributed by atoms with Crippen molar-refractivity contribution in [3.63, 3.8) is 0 Å². The van der Waals surface area contributed by atoms with Gasteiger partial charge in [0.15, 0.2) is 6.10 Å². The highest BCUT2D eigenvalue weighted by Crippen LogP contribution is 2.43. The first-order valence-corrected chi connectivity index (χ1v) is 24.6. The number of carbonyl (C=O) groups is 2. The Bertz CT molecular complexity index is 1010. The van der Waals surface area contributed by atoms with Crippen molar-refractivity contribution >= 4 is 19.8 Å². The first-order chi connectivity index (χ1) is 27.0. The molecular weight excluding hydrogens is 725 g/mol. The molecule has 9 nitrogen and oxygen atoms in total. The normalized spacial score (nSPS) is 13.8. The second kappa shape index (κ2) is 39.0. The molecule has 2 atom stereocenters. The summed E-state index contributed by atoms with van der Waals surface area (Å²) in [7, 11) is 1.47. The zero-order valence-corrected chi connectivity index (χ0v) is 38.0. The lowest BCUT2D eigenvalue weighted by atomic mass is 10.0. The number of ether oxygens (including phenoxy) is 2. The maximum Gasteiger partial charge on any atom is 0.472 e. The van der Waals surface area contributed by atoms with Gasteiger partial charge in [-0.25, -0.2) is 4.57 Å². The van der Waals surface area contributed by atoms with Crippen molar-refractivity contribution in [3.8, 4) is 0 Å². The number of allylic oxidation sites excluding steroid dienone is 4. The standard InChI is InChI=1S/C46H88NO8P/c1-6-8-10-12-14-16-18-20-22-23-25-27-29-31-33-35-37-39-46(49)55-44(43-54-56(50,51)53-41-40-47(3,4)5)42-52-45(48)38-36-34-32-30-28-26-24-21-19-17-15-13-11-9-7-2/h14,16,31,33,44H,6-13,15,17-30,32,34-43H2,1-5H3/p+1/b16-14-,33-31-/t44-/m1/s1. The number of nitrogens with zero attached hydrogens (tertiary/aromatic N) is 1. The molecule has 1 N–H and O–H groups in total. The van der Waals surface area contributed by atoms with Crippen LogP contribution in [0.15, 0.2) is 24.3 Å². The second-order valence-corrected chi connectivity index (χ2v) is 18.2. The molecule has 0 rings (SSSR count). The van der Waals surface area contributed by atoms with Gasteiger partial charge in [-0.2, -0.15) is 0 Å². The number of phosphoric ester groups is 1. The van der Waals surface area contributed by atoms with Gasteiger partial charge in [0.25, 0.3) is 0 Å². The van der Waals surface area contributed by atoms with Crippen LogP contribution in [-0.4, -0.2) is 74.9 Å². The SMILES string of the molecule is CCCCC/C=C\CCCCCCC/C=C\CCCC(=O)O[C@H](COC(=O)CCCCCCCCCCCCCCCCC)COP(=O)(O)OCC[N+](C)(C)C. The molecule has 0 aliphatic carbocycles. The van der Waals surface area contributed by atoms with Crippen LogP contribution in [0, 0.1) is 0 Å². The van der Waals surface area contributed by atoms with Crippen molar-refractivity contribution in [1.29, 1.82) is 0 Å². The van der Waals surface area contributed by atoms with Crippen molar-refractivity contribution in [2.45, 2.75) is 213 Å². The number of carbonyl (C=O) groups excluding carboxylic acids is 2. The van der Waals surface area contributed by atoms with Crippen LogP contribution < -0.4 is 0 Å². The lowest BCUT2D eigenvalue weighted by Gasteiger charge is -2.24. The van der Waals surface area contributed by atoms with E-state index < -0.39 is 26.5 Å². The highest BCUT2D eigenvalue weighted by atomic mass is 31.2. The molecule has 0 aromatic rings. The minimum Gasteiger partial charge on any atom is -0.462 e. The van der Waals surface area contributed by atoms with Crippen LogP contribution in [0.2, 0.25) is 0 Å². The smallest absolute Gasteiger partial charge is 0.462 e. The van der Waals surface area contributed by atoms with Gasteiger partial charge in [-0.3, -0.25) is 18.6 Å². The number of rotatable bonds is 42. The Morgan fingerprint density at radius 3 is 1.41 bits per heavy atom. The molecule has 330 valence electrons. The van der Waals surface area contributed by atoms with Crippen LogP contribution in [-0.2, 0) is 32.7 Å². The number of hydrogen-bond acceptors (Lipinski definition) is 7. The fraction of sp³-hybridized carbons (Fsp3) is 0.870. The molecule has 0 amide bonds. The molecule has 1 unspecified atom stereocenters. The van der Waals surface area contributed by atoms with E-state index in [1.165, 1.54) is 141 Å². The number of quaternary nitrogens is 1. The molecule has 0 aromatic heterocycles. The highest BCUT2D eigenvalue weighted by molar-refractivity contribution is 7.47. The minimum atomic E-state index is -4.38. The van der Waals surface area contributed by atoms with E-state index in [1.807, 2.05) is 21.1 Å². The summed E-state index contributed by atoms with van der Waals surface area (Å²) >= 11 is 0. The minimum absolute atomic E-state index is 0.0284. The fourth-order valence-corrected chi connectivity index (χ4v) is 7.05. The van der Waals surface area contributed by atoms with Crippen molar-refractivity contribution < 1.29 is 42.1 Å². The fourth-order valence-electron chi connectivity index (χ4n) is 6.31. The molecule has 10 heteroatoms. The summed E-state index contributed by atoms with van der Waals surface area (Å²) in [5.41, 5.74) is 0. The Balaban J connectivity index is 4.35. The summed E-state index contributed by atoms with van der Waals surface area (Å²) in [5.74, 6) is -0.831. The Labute approximate surface area is 345 Å². The van der Waals surface area contributed by atoms with Gasteiger partial charge in [0.2, 0.25) is 0 Å². The molecule has 0 spiro atoms. The Kier molecular flexibility index (Phi) is 37.9. The van der Waals surface area contributed by atoms with Crippen LogP contribution >= 0.6 is 7.82 Å². The van der Waals surface area contributed by atoms with Crippen LogP contribution in [0.1, 0.15) is 206 Å². The predicted octanol–water partition coefficient (Wildman–Crippen LogP) is 13.1. The topological polar surface area (TPSA) is 108 Å². The number of likely N-dealkylation sites (N-methyl/N-ethyl adjacent to an activating group) is 1. The van der Waals surface area contributed by atoms with E-state index in [9.17, 15) is 19.0 Å². The van der Waals surface area contributed by atoms with E-state index in [0.717, 1.165) is 32.1 Å². The Morgan fingerprint density at radius 1 is 0.536 bits per heavy atom. The lowest BCUT2D eigenvalue weighted by molar-refractivity contribution is -0.870. The largest absolute Gasteiger partial charge is 0.472 e. The van der Waals surface area contributed by atoms with Gasteiger partial charge in [-0.05, 0) is 57.8 Å². The summed E-state index contributed by atoms with van der Waals surface area (Å²) in [5, 5.41) is 0. The molecule has 0 saturated carbocycles. The average molecular weight is 815 g/mol. The van der Waals surface area contributed by atoms with Crippen molar-refractivity contribution in [3.05, 3.63) is 24.3 Å². The second-order valence-electron chi connectivity index (χ2n) is 16.8. The zero-order chi connectivity index (χ0) is 41.4. The molecule has 0 aromatic carbocycles. The molecule has 0 bridgehead atoms. The molecule has 0 saturated heterocycles. The summed E-state index contributed by atoms with van der Waals surface area (Å²) in [6, 6.07) is 0. The zero-order valence-electron chi connectivity index (χ0n) is 37.1. The van der Waals surface area contributed by atoms with Gasteiger partial charge in [0.1, 0.15) is 19.8 Å². The van der Waals surface area contributed by atoms with Gasteiger partial charge in [-0.1, -0.05) is 160 Å². The van der Waals surface area contributed by atoms with Crippen LogP contribution in [0.5, 0.6) is 0 Å². The number of phosphoric acid groups is 1. The molecule has 0 radical (unpaired) electrons. The lowest BCUT2D eigenvalue weighted by Crippen LogP contribution is -2.37. The van der Waals surface area contributed by atoms with E-state index >= 15 is 0 Å². The third kappa shape index (κ3) is 42.1. The van der Waals surface area contributed by atoms with Crippen molar-refractivity contribution in [2.75, 3.05) is 47.5 Å². The van der Waals surface area contributed by atoms with Crippen molar-refractivity contribution in [1.82, 2.24) is 0 Å². The third-order valence-electron chi connectivity index (χ3n) is 9.95. The summed E-state index contributed by atoms with van der Waals surface area (Å²) in [6.45, 7) is 4.39. The third-order valence-corrected chi connectivity index (χ3v) is 10.9. The van der Waals surface area contributed by atoms with E-state index in [1.54, 1.807) is 0 Å². The molecule has 0 heterocycles. The van der Waals surface area contributed by atoms with Gasteiger partial charge in [-0.15, -0.1) is 0 Å². The van der Waals surface area contributed by atoms with E-state index in [4.69, 9.17) is 18.5 Å². The highest BCUT2D eigenvalue weighted by Gasteiger charge is 2.27. The van der Waals surface area contributed by atoms with Gasteiger partial charge < -0.3 is 18.9 Å². The molecule has 0 aliphatic heterocycles. The monoisotopic (exact) mass is 815 g/mol. The maximum absolute atomic E-state index is 12.7. The van der Waals surface area contributed by atoms with Crippen LogP contribution in [0.25, 0.3) is 0 Å². The number of esters is 2. The number of unbranched alkanes of at least 4 members (excludes halogenated alkanes) is 24. The number of hydrogen-bond donors (Lipinski definition) is 1. The molecular formula is C46H89NO8P+. The maximum atomic E-state index is 12.7. The van der Waals surface area contributed by atoms with Gasteiger partial charge in [0.05, 0.1) is 27.7 Å². The summed E-state index contributed by atoms with van der Waals surface area (Å²) in [4.78, 5) is 35.4. The Morgan fingerprint density at radius 2 is 0.929 bits per heavy atom. The van der Waals surface area contributed by atoms with E-state index in [0.29, 0.717) is 17.4 Å². The molecule has 56 heavy (non-hydrogen) atoms. The summed E-state index contributed by atoms with van der Waals surface area (Å²) < 4.78 is 34.3. The quantitative estimate of drug-likeness (QED) is 0.0213. The first kappa shape index (κ1) is 54.5. The van der Waals surface area contributed by atoms with E-state index in [2.05, 4.69) is 38.2 Å². The van der Waals surface area contributed by atoms with Gasteiger partial charge >= 0.3 is 19.8 Å². The average Bonchev–Trinajstić information content (AvgIpc) is 3.15. The summed E-state index contributed by atoms with van der Waals surface area (Å²) in [6.07, 6.45) is 42.3. The molecule has 0 aliphatic rings. The molecule has 0 fully saturated rings. The first-order valence-electron chi connectivity index (χ1n) is 23.1.